The first-order valence-electron chi connectivity index (χ1n) is 7.04. The van der Waals surface area contributed by atoms with Gasteiger partial charge in [0.15, 0.2) is 0 Å². The average molecular weight is 304 g/mol. The zero-order valence-electron chi connectivity index (χ0n) is 12.4. The highest BCUT2D eigenvalue weighted by molar-refractivity contribution is 5.94. The second kappa shape index (κ2) is 7.13. The first-order chi connectivity index (χ1) is 10.5. The van der Waals surface area contributed by atoms with Crippen LogP contribution in [0.2, 0.25) is 0 Å². The summed E-state index contributed by atoms with van der Waals surface area (Å²) in [6, 6.07) is 12.0. The Morgan fingerprint density at radius 1 is 1.05 bits per heavy atom. The van der Waals surface area contributed by atoms with Crippen LogP contribution in [-0.4, -0.2) is 11.9 Å². The van der Waals surface area contributed by atoms with Crippen LogP contribution in [0.1, 0.15) is 25.5 Å². The minimum Gasteiger partial charge on any atom is -0.322 e. The van der Waals surface area contributed by atoms with Crippen molar-refractivity contribution in [3.8, 4) is 0 Å². The molecule has 0 aliphatic rings. The van der Waals surface area contributed by atoms with Crippen molar-refractivity contribution in [2.45, 2.75) is 25.9 Å². The van der Waals surface area contributed by atoms with Crippen molar-refractivity contribution < 1.29 is 13.6 Å². The lowest BCUT2D eigenvalue weighted by Gasteiger charge is -2.20. The summed E-state index contributed by atoms with van der Waals surface area (Å²) < 4.78 is 26.6. The van der Waals surface area contributed by atoms with Crippen molar-refractivity contribution in [3.05, 3.63) is 65.7 Å². The lowest BCUT2D eigenvalue weighted by atomic mass is 10.1. The summed E-state index contributed by atoms with van der Waals surface area (Å²) >= 11 is 0. The summed E-state index contributed by atoms with van der Waals surface area (Å²) in [5.41, 5.74) is 0.880. The Bertz CT molecular complexity index is 646. The molecule has 116 valence electrons. The van der Waals surface area contributed by atoms with Gasteiger partial charge in [-0.1, -0.05) is 30.3 Å². The van der Waals surface area contributed by atoms with Gasteiger partial charge < -0.3 is 5.32 Å². The zero-order valence-corrected chi connectivity index (χ0v) is 12.4. The highest BCUT2D eigenvalue weighted by Gasteiger charge is 2.17. The summed E-state index contributed by atoms with van der Waals surface area (Å²) in [5.74, 6) is -1.69. The molecule has 0 aliphatic carbocycles. The molecular formula is C17H18F2N2O. The number of halogens is 2. The Morgan fingerprint density at radius 3 is 2.41 bits per heavy atom. The molecule has 2 N–H and O–H groups in total. The lowest BCUT2D eigenvalue weighted by Crippen LogP contribution is -2.39. The third-order valence-electron chi connectivity index (χ3n) is 3.38. The summed E-state index contributed by atoms with van der Waals surface area (Å²) in [5, 5.41) is 5.51. The van der Waals surface area contributed by atoms with Gasteiger partial charge in [-0.2, -0.15) is 0 Å². The van der Waals surface area contributed by atoms with Gasteiger partial charge in [0.25, 0.3) is 0 Å². The monoisotopic (exact) mass is 304 g/mol. The Kier molecular flexibility index (Phi) is 5.22. The van der Waals surface area contributed by atoms with E-state index in [1.165, 1.54) is 0 Å². The van der Waals surface area contributed by atoms with E-state index in [4.69, 9.17) is 0 Å². The van der Waals surface area contributed by atoms with E-state index in [1.54, 1.807) is 6.92 Å². The second-order valence-electron chi connectivity index (χ2n) is 5.13. The topological polar surface area (TPSA) is 41.1 Å². The van der Waals surface area contributed by atoms with Crippen LogP contribution >= 0.6 is 0 Å². The van der Waals surface area contributed by atoms with Gasteiger partial charge in [-0.3, -0.25) is 10.1 Å². The minimum atomic E-state index is -0.668. The molecule has 2 aromatic rings. The van der Waals surface area contributed by atoms with Crippen LogP contribution in [0.5, 0.6) is 0 Å². The number of hydrogen-bond acceptors (Lipinski definition) is 2. The molecule has 1 amide bonds. The number of rotatable bonds is 5. The molecule has 0 spiro atoms. The summed E-state index contributed by atoms with van der Waals surface area (Å²) in [7, 11) is 0. The summed E-state index contributed by atoms with van der Waals surface area (Å²) in [4.78, 5) is 12.1. The van der Waals surface area contributed by atoms with Crippen molar-refractivity contribution in [1.82, 2.24) is 5.32 Å². The van der Waals surface area contributed by atoms with E-state index in [0.717, 1.165) is 23.8 Å². The van der Waals surface area contributed by atoms with Crippen molar-refractivity contribution in [2.75, 3.05) is 5.32 Å². The van der Waals surface area contributed by atoms with E-state index >= 15 is 0 Å². The van der Waals surface area contributed by atoms with Gasteiger partial charge in [0.1, 0.15) is 11.6 Å². The largest absolute Gasteiger partial charge is 0.322 e. The van der Waals surface area contributed by atoms with Gasteiger partial charge in [0.2, 0.25) is 5.91 Å². The van der Waals surface area contributed by atoms with Crippen molar-refractivity contribution in [2.24, 2.45) is 0 Å². The molecule has 0 aromatic heterocycles. The fraction of sp³-hybridized carbons (Fsp3) is 0.235. The molecule has 5 heteroatoms. The molecular weight excluding hydrogens is 286 g/mol. The van der Waals surface area contributed by atoms with E-state index < -0.39 is 23.6 Å². The van der Waals surface area contributed by atoms with Crippen LogP contribution in [0.15, 0.2) is 48.5 Å². The van der Waals surface area contributed by atoms with E-state index in [9.17, 15) is 13.6 Å². The maximum absolute atomic E-state index is 13.5. The SMILES string of the molecule is C[C@H](N[C@H](C)C(=O)Nc1cc(F)ccc1F)c1ccccc1. The maximum atomic E-state index is 13.5. The zero-order chi connectivity index (χ0) is 16.1. The fourth-order valence-electron chi connectivity index (χ4n) is 2.12. The number of carbonyl (C=O) groups is 1. The van der Waals surface area contributed by atoms with E-state index in [-0.39, 0.29) is 11.7 Å². The molecule has 2 aromatic carbocycles. The predicted molar refractivity (Wildman–Crippen MR) is 82.4 cm³/mol. The number of hydrogen-bond donors (Lipinski definition) is 2. The Hall–Kier alpha value is -2.27. The van der Waals surface area contributed by atoms with Crippen LogP contribution < -0.4 is 10.6 Å². The molecule has 0 bridgehead atoms. The molecule has 0 unspecified atom stereocenters. The summed E-state index contributed by atoms with van der Waals surface area (Å²) in [6.45, 7) is 3.61. The normalized spacial score (nSPS) is 13.5. The highest BCUT2D eigenvalue weighted by atomic mass is 19.1. The van der Waals surface area contributed by atoms with Crippen LogP contribution in [0.4, 0.5) is 14.5 Å². The van der Waals surface area contributed by atoms with Gasteiger partial charge in [0, 0.05) is 12.1 Å². The van der Waals surface area contributed by atoms with Crippen molar-refractivity contribution in [1.29, 1.82) is 0 Å². The standard InChI is InChI=1S/C17H18F2N2O/c1-11(13-6-4-3-5-7-13)20-12(2)17(22)21-16-10-14(18)8-9-15(16)19/h3-12,20H,1-2H3,(H,21,22)/t11-,12+/m0/s1. The predicted octanol–water partition coefficient (Wildman–Crippen LogP) is 3.64. The number of anilines is 1. The summed E-state index contributed by atoms with van der Waals surface area (Å²) in [6.07, 6.45) is 0. The first kappa shape index (κ1) is 16.1. The number of amides is 1. The molecule has 0 saturated carbocycles. The molecule has 2 rings (SSSR count). The maximum Gasteiger partial charge on any atom is 0.241 e. The molecule has 0 saturated heterocycles. The Morgan fingerprint density at radius 2 is 1.73 bits per heavy atom. The lowest BCUT2D eigenvalue weighted by molar-refractivity contribution is -0.118. The number of benzene rings is 2. The van der Waals surface area contributed by atoms with Crippen molar-refractivity contribution in [3.63, 3.8) is 0 Å². The molecule has 3 nitrogen and oxygen atoms in total. The molecule has 2 atom stereocenters. The number of nitrogens with one attached hydrogen (secondary N) is 2. The smallest absolute Gasteiger partial charge is 0.241 e. The van der Waals surface area contributed by atoms with Gasteiger partial charge in [-0.15, -0.1) is 0 Å². The van der Waals surface area contributed by atoms with Gasteiger partial charge >= 0.3 is 0 Å². The van der Waals surface area contributed by atoms with E-state index in [2.05, 4.69) is 10.6 Å². The van der Waals surface area contributed by atoms with Crippen LogP contribution in [0.3, 0.4) is 0 Å². The Balaban J connectivity index is 1.99. The third-order valence-corrected chi connectivity index (χ3v) is 3.38. The van der Waals surface area contributed by atoms with Crippen LogP contribution in [0.25, 0.3) is 0 Å². The Labute approximate surface area is 128 Å². The molecule has 0 radical (unpaired) electrons. The average Bonchev–Trinajstić information content (AvgIpc) is 2.51. The van der Waals surface area contributed by atoms with Crippen LogP contribution in [0, 0.1) is 11.6 Å². The van der Waals surface area contributed by atoms with Gasteiger partial charge in [0.05, 0.1) is 11.7 Å². The van der Waals surface area contributed by atoms with Gasteiger partial charge in [-0.25, -0.2) is 8.78 Å². The second-order valence-corrected chi connectivity index (χ2v) is 5.13. The van der Waals surface area contributed by atoms with Crippen molar-refractivity contribution >= 4 is 11.6 Å². The molecule has 0 aliphatic heterocycles. The minimum absolute atomic E-state index is 0.0423. The number of carbonyl (C=O) groups excluding carboxylic acids is 1. The van der Waals surface area contributed by atoms with Crippen LogP contribution in [-0.2, 0) is 4.79 Å². The molecule has 0 heterocycles. The van der Waals surface area contributed by atoms with E-state index in [0.29, 0.717) is 0 Å². The fourth-order valence-corrected chi connectivity index (χ4v) is 2.12. The molecule has 22 heavy (non-hydrogen) atoms. The van der Waals surface area contributed by atoms with Gasteiger partial charge in [-0.05, 0) is 31.5 Å². The third kappa shape index (κ3) is 4.11. The molecule has 0 fully saturated rings. The van der Waals surface area contributed by atoms with E-state index in [1.807, 2.05) is 37.3 Å². The first-order valence-corrected chi connectivity index (χ1v) is 7.04. The quantitative estimate of drug-likeness (QED) is 0.885. The highest BCUT2D eigenvalue weighted by Crippen LogP contribution is 2.16.